The Hall–Kier alpha value is -2.70. The number of nitrogens with zero attached hydrogens (tertiary/aromatic N) is 5. The second-order valence-corrected chi connectivity index (χ2v) is 9.44. The Kier molecular flexibility index (Phi) is 5.28. The van der Waals surface area contributed by atoms with Gasteiger partial charge in [-0.1, -0.05) is 12.8 Å². The largest absolute Gasteiger partial charge is 0.340 e. The quantitative estimate of drug-likeness (QED) is 0.746. The Morgan fingerprint density at radius 3 is 2.55 bits per heavy atom. The van der Waals surface area contributed by atoms with Gasteiger partial charge >= 0.3 is 0 Å². The van der Waals surface area contributed by atoms with Crippen molar-refractivity contribution < 1.29 is 4.79 Å². The van der Waals surface area contributed by atoms with Gasteiger partial charge in [0, 0.05) is 56.2 Å². The van der Waals surface area contributed by atoms with Gasteiger partial charge in [-0.2, -0.15) is 0 Å². The number of fused-ring (bicyclic) bond motifs is 4. The Morgan fingerprint density at radius 1 is 1.03 bits per heavy atom. The Bertz CT molecular complexity index is 1050. The maximum Gasteiger partial charge on any atom is 0.263 e. The minimum atomic E-state index is -0.114. The van der Waals surface area contributed by atoms with Crippen LogP contribution in [0.2, 0.25) is 0 Å². The van der Waals surface area contributed by atoms with E-state index in [2.05, 4.69) is 9.88 Å². The molecule has 0 saturated carbocycles. The highest BCUT2D eigenvalue weighted by molar-refractivity contribution is 5.94. The summed E-state index contributed by atoms with van der Waals surface area (Å²) in [6, 6.07) is 3.78. The standard InChI is InChI=1S/C24H31N5O2/c1-16-12-25-24(26-17(16)2)28-13-18-11-19(15-28)21-8-7-20(23(31)29(21)14-18)22(30)27-9-5-3-4-6-10-27/h7-8,12,18-19H,3-6,9-11,13-15H2,1-2H3/t18-,19+/m0/s1. The molecule has 164 valence electrons. The molecular weight excluding hydrogens is 390 g/mol. The van der Waals surface area contributed by atoms with Gasteiger partial charge in [0.2, 0.25) is 5.95 Å². The SMILES string of the molecule is Cc1cnc(N2C[C@@H]3C[C@H](C2)c2ccc(C(=O)N4CCCCCC4)c(=O)n2C3)nc1C. The van der Waals surface area contributed by atoms with Gasteiger partial charge < -0.3 is 14.4 Å². The van der Waals surface area contributed by atoms with Crippen molar-refractivity contribution in [3.8, 4) is 0 Å². The van der Waals surface area contributed by atoms with Crippen LogP contribution in [0.5, 0.6) is 0 Å². The third-order valence-corrected chi connectivity index (χ3v) is 7.22. The fourth-order valence-electron chi connectivity index (χ4n) is 5.38. The molecule has 31 heavy (non-hydrogen) atoms. The van der Waals surface area contributed by atoms with E-state index in [0.717, 1.165) is 81.2 Å². The lowest BCUT2D eigenvalue weighted by molar-refractivity contribution is 0.0758. The van der Waals surface area contributed by atoms with Crippen molar-refractivity contribution in [1.29, 1.82) is 0 Å². The van der Waals surface area contributed by atoms with Crippen LogP contribution in [0.1, 0.15) is 65.3 Å². The van der Waals surface area contributed by atoms with E-state index in [9.17, 15) is 9.59 Å². The van der Waals surface area contributed by atoms with Crippen molar-refractivity contribution in [2.24, 2.45) is 5.92 Å². The van der Waals surface area contributed by atoms with Crippen LogP contribution >= 0.6 is 0 Å². The molecule has 3 aliphatic rings. The predicted molar refractivity (Wildman–Crippen MR) is 120 cm³/mol. The van der Waals surface area contributed by atoms with Gasteiger partial charge in [0.05, 0.1) is 0 Å². The zero-order valence-corrected chi connectivity index (χ0v) is 18.5. The molecule has 2 aromatic rings. The van der Waals surface area contributed by atoms with Gasteiger partial charge in [-0.25, -0.2) is 9.97 Å². The number of amides is 1. The number of pyridine rings is 1. The molecular formula is C24H31N5O2. The van der Waals surface area contributed by atoms with E-state index in [1.165, 1.54) is 0 Å². The summed E-state index contributed by atoms with van der Waals surface area (Å²) in [6.07, 6.45) is 7.34. The summed E-state index contributed by atoms with van der Waals surface area (Å²) in [5, 5.41) is 0. The van der Waals surface area contributed by atoms with Gasteiger partial charge in [-0.3, -0.25) is 9.59 Å². The molecule has 7 nitrogen and oxygen atoms in total. The average molecular weight is 422 g/mol. The highest BCUT2D eigenvalue weighted by Gasteiger charge is 2.36. The number of hydrogen-bond acceptors (Lipinski definition) is 5. The molecule has 0 aliphatic carbocycles. The van der Waals surface area contributed by atoms with Gasteiger partial charge in [-0.15, -0.1) is 0 Å². The molecule has 2 atom stereocenters. The van der Waals surface area contributed by atoms with E-state index < -0.39 is 0 Å². The molecule has 0 radical (unpaired) electrons. The summed E-state index contributed by atoms with van der Waals surface area (Å²) < 4.78 is 1.88. The van der Waals surface area contributed by atoms with Crippen molar-refractivity contribution in [2.75, 3.05) is 31.1 Å². The molecule has 0 unspecified atom stereocenters. The molecule has 2 saturated heterocycles. The molecule has 2 aromatic heterocycles. The van der Waals surface area contributed by atoms with E-state index in [1.807, 2.05) is 35.6 Å². The van der Waals surface area contributed by atoms with Crippen molar-refractivity contribution >= 4 is 11.9 Å². The topological polar surface area (TPSA) is 71.3 Å². The highest BCUT2D eigenvalue weighted by Crippen LogP contribution is 2.36. The van der Waals surface area contributed by atoms with Crippen molar-refractivity contribution in [3.05, 3.63) is 51.2 Å². The van der Waals surface area contributed by atoms with E-state index >= 15 is 0 Å². The number of carbonyl (C=O) groups excluding carboxylic acids is 1. The van der Waals surface area contributed by atoms with E-state index in [-0.39, 0.29) is 17.4 Å². The smallest absolute Gasteiger partial charge is 0.263 e. The van der Waals surface area contributed by atoms with Gasteiger partial charge in [0.15, 0.2) is 0 Å². The monoisotopic (exact) mass is 421 g/mol. The number of piperidine rings is 1. The van der Waals surface area contributed by atoms with Crippen molar-refractivity contribution in [3.63, 3.8) is 0 Å². The minimum Gasteiger partial charge on any atom is -0.340 e. The first-order chi connectivity index (χ1) is 15.0. The summed E-state index contributed by atoms with van der Waals surface area (Å²) in [4.78, 5) is 39.8. The maximum atomic E-state index is 13.3. The average Bonchev–Trinajstić information content (AvgIpc) is 3.05. The number of carbonyl (C=O) groups is 1. The number of anilines is 1. The fourth-order valence-corrected chi connectivity index (χ4v) is 5.38. The normalized spacial score (nSPS) is 23.3. The van der Waals surface area contributed by atoms with Crippen molar-refractivity contribution in [2.45, 2.75) is 58.4 Å². The van der Waals surface area contributed by atoms with Crippen LogP contribution in [-0.4, -0.2) is 51.5 Å². The van der Waals surface area contributed by atoms with E-state index in [1.54, 1.807) is 6.07 Å². The zero-order chi connectivity index (χ0) is 21.5. The number of aromatic nitrogens is 3. The summed E-state index contributed by atoms with van der Waals surface area (Å²) in [5.74, 6) is 1.30. The molecule has 2 bridgehead atoms. The lowest BCUT2D eigenvalue weighted by atomic mass is 9.83. The van der Waals surface area contributed by atoms with E-state index in [4.69, 9.17) is 4.98 Å². The third-order valence-electron chi connectivity index (χ3n) is 7.22. The van der Waals surface area contributed by atoms with Gasteiger partial charge in [0.1, 0.15) is 5.56 Å². The third kappa shape index (κ3) is 3.75. The maximum absolute atomic E-state index is 13.3. The molecule has 5 rings (SSSR count). The molecule has 3 aliphatic heterocycles. The Balaban J connectivity index is 1.42. The first kappa shape index (κ1) is 20.2. The molecule has 0 spiro atoms. The summed E-state index contributed by atoms with van der Waals surface area (Å²) >= 11 is 0. The Labute approximate surface area is 183 Å². The van der Waals surface area contributed by atoms with Crippen molar-refractivity contribution in [1.82, 2.24) is 19.4 Å². The van der Waals surface area contributed by atoms with Crippen LogP contribution in [0.15, 0.2) is 23.1 Å². The second kappa shape index (κ2) is 8.09. The van der Waals surface area contributed by atoms with Crippen LogP contribution in [0, 0.1) is 19.8 Å². The molecule has 2 fully saturated rings. The zero-order valence-electron chi connectivity index (χ0n) is 18.5. The van der Waals surface area contributed by atoms with E-state index in [0.29, 0.717) is 18.0 Å². The van der Waals surface area contributed by atoms with Crippen LogP contribution < -0.4 is 10.5 Å². The van der Waals surface area contributed by atoms with Crippen LogP contribution in [0.4, 0.5) is 5.95 Å². The number of rotatable bonds is 2. The van der Waals surface area contributed by atoms with Crippen LogP contribution in [0.25, 0.3) is 0 Å². The first-order valence-electron chi connectivity index (χ1n) is 11.6. The molecule has 7 heteroatoms. The van der Waals surface area contributed by atoms with Crippen LogP contribution in [0.3, 0.4) is 0 Å². The number of aryl methyl sites for hydroxylation is 2. The van der Waals surface area contributed by atoms with Gasteiger partial charge in [0.25, 0.3) is 11.5 Å². The number of likely N-dealkylation sites (tertiary alicyclic amines) is 1. The molecule has 0 aromatic carbocycles. The minimum absolute atomic E-state index is 0.0944. The lowest BCUT2D eigenvalue weighted by Crippen LogP contribution is -2.49. The number of hydrogen-bond donors (Lipinski definition) is 0. The second-order valence-electron chi connectivity index (χ2n) is 9.44. The Morgan fingerprint density at radius 2 is 1.81 bits per heavy atom. The van der Waals surface area contributed by atoms with Crippen LogP contribution in [-0.2, 0) is 6.54 Å². The van der Waals surface area contributed by atoms with Gasteiger partial charge in [-0.05, 0) is 56.7 Å². The summed E-state index contributed by atoms with van der Waals surface area (Å²) in [7, 11) is 0. The first-order valence-corrected chi connectivity index (χ1v) is 11.6. The fraction of sp³-hybridized carbons (Fsp3) is 0.583. The molecule has 5 heterocycles. The summed E-state index contributed by atoms with van der Waals surface area (Å²) in [6.45, 7) is 7.87. The predicted octanol–water partition coefficient (Wildman–Crippen LogP) is 2.90. The molecule has 0 N–H and O–H groups in total. The highest BCUT2D eigenvalue weighted by atomic mass is 16.2. The molecule has 1 amide bonds. The summed E-state index contributed by atoms with van der Waals surface area (Å²) in [5.41, 5.74) is 3.37. The lowest BCUT2D eigenvalue weighted by Gasteiger charge is -2.43.